The predicted molar refractivity (Wildman–Crippen MR) is 234 cm³/mol. The van der Waals surface area contributed by atoms with Gasteiger partial charge in [0.25, 0.3) is 0 Å². The van der Waals surface area contributed by atoms with E-state index in [9.17, 15) is 48.6 Å². The fourth-order valence-corrected chi connectivity index (χ4v) is 7.10. The number of hydrogen-bond acceptors (Lipinski definition) is 10. The largest absolute Gasteiger partial charge is 0.480 e. The third-order valence-corrected chi connectivity index (χ3v) is 10.7. The minimum absolute atomic E-state index is 0.0384. The van der Waals surface area contributed by atoms with Crippen molar-refractivity contribution < 1.29 is 58.0 Å². The Balaban J connectivity index is 1.56. The zero-order valence-electron chi connectivity index (χ0n) is 37.5. The van der Waals surface area contributed by atoms with Gasteiger partial charge in [0.2, 0.25) is 35.4 Å². The third kappa shape index (κ3) is 23.2. The quantitative estimate of drug-likeness (QED) is 0.0493. The maximum atomic E-state index is 13.3. The van der Waals surface area contributed by atoms with Gasteiger partial charge in [-0.3, -0.25) is 28.8 Å². The maximum absolute atomic E-state index is 13.3. The van der Waals surface area contributed by atoms with Gasteiger partial charge in [-0.15, -0.1) is 0 Å². The molecule has 0 saturated carbocycles. The molecule has 0 spiro atoms. The summed E-state index contributed by atoms with van der Waals surface area (Å²) in [5.74, 6) is -5.46. The molecule has 0 aromatic heterocycles. The molecule has 0 unspecified atom stereocenters. The van der Waals surface area contributed by atoms with Crippen LogP contribution in [0.2, 0.25) is 0 Å². The highest BCUT2D eigenvalue weighted by Crippen LogP contribution is 2.19. The summed E-state index contributed by atoms with van der Waals surface area (Å²) in [6.07, 6.45) is 13.7. The first-order valence-electron chi connectivity index (χ1n) is 22.6. The van der Waals surface area contributed by atoms with Crippen LogP contribution >= 0.6 is 0 Å². The smallest absolute Gasteiger partial charge is 0.326 e. The van der Waals surface area contributed by atoms with E-state index in [-0.39, 0.29) is 77.0 Å². The molecule has 1 saturated heterocycles. The van der Waals surface area contributed by atoms with Crippen molar-refractivity contribution in [2.45, 2.75) is 160 Å². The number of rotatable bonds is 34. The number of carboxylic acids is 2. The molecule has 0 aliphatic carbocycles. The monoisotopic (exact) mass is 889 g/mol. The highest BCUT2D eigenvalue weighted by atomic mass is 16.5. The highest BCUT2D eigenvalue weighted by Gasteiger charge is 2.38. The molecule has 7 N–H and O–H groups in total. The SMILES string of the molecule is CCCCCCCCCCCCCC(=O)N[C@@H](CCC(=O)NCCOCCOCC(=O)N[C@@H](C)C(=O)N[C@@H](C)C(=O)N1CCC[C@H]1C(=O)N[C@@H](Cc1ccccc1)C(=O)O)C(=O)O. The number of nitrogens with one attached hydrogen (secondary N) is 5. The van der Waals surface area contributed by atoms with Crippen LogP contribution in [0.4, 0.5) is 0 Å². The zero-order valence-corrected chi connectivity index (χ0v) is 37.5. The number of nitrogens with zero attached hydrogens (tertiary/aromatic N) is 1. The van der Waals surface area contributed by atoms with Crippen molar-refractivity contribution in [2.75, 3.05) is 39.5 Å². The van der Waals surface area contributed by atoms with E-state index in [1.807, 2.05) is 0 Å². The molecule has 0 radical (unpaired) electrons. The molecule has 1 aliphatic heterocycles. The molecule has 5 atom stereocenters. The number of carbonyl (C=O) groups excluding carboxylic acids is 6. The number of benzene rings is 1. The number of carbonyl (C=O) groups is 8. The van der Waals surface area contributed by atoms with E-state index >= 15 is 0 Å². The third-order valence-electron chi connectivity index (χ3n) is 10.7. The van der Waals surface area contributed by atoms with Crippen LogP contribution in [0.5, 0.6) is 0 Å². The number of unbranched alkanes of at least 4 members (excludes halogenated alkanes) is 10. The second-order valence-electron chi connectivity index (χ2n) is 16.1. The molecule has 0 bridgehead atoms. The summed E-state index contributed by atoms with van der Waals surface area (Å²) in [4.78, 5) is 101. The van der Waals surface area contributed by atoms with Crippen molar-refractivity contribution in [1.82, 2.24) is 31.5 Å². The Morgan fingerprint density at radius 1 is 0.683 bits per heavy atom. The summed E-state index contributed by atoms with van der Waals surface area (Å²) in [6, 6.07) is 3.55. The van der Waals surface area contributed by atoms with Crippen LogP contribution in [0.3, 0.4) is 0 Å². The van der Waals surface area contributed by atoms with E-state index in [0.717, 1.165) is 24.8 Å². The van der Waals surface area contributed by atoms with E-state index in [0.29, 0.717) is 19.3 Å². The summed E-state index contributed by atoms with van der Waals surface area (Å²) >= 11 is 0. The molecule has 1 fully saturated rings. The van der Waals surface area contributed by atoms with Crippen molar-refractivity contribution in [3.8, 4) is 0 Å². The second-order valence-corrected chi connectivity index (χ2v) is 16.1. The molecule has 63 heavy (non-hydrogen) atoms. The Morgan fingerprint density at radius 3 is 1.94 bits per heavy atom. The van der Waals surface area contributed by atoms with Gasteiger partial charge in [0, 0.05) is 32.4 Å². The normalized spacial score (nSPS) is 15.3. The van der Waals surface area contributed by atoms with Crippen LogP contribution in [-0.2, 0) is 54.3 Å². The van der Waals surface area contributed by atoms with Gasteiger partial charge in [0.15, 0.2) is 0 Å². The molecule has 1 heterocycles. The summed E-state index contributed by atoms with van der Waals surface area (Å²) < 4.78 is 10.7. The van der Waals surface area contributed by atoms with Crippen LogP contribution < -0.4 is 26.6 Å². The Labute approximate surface area is 371 Å². The second kappa shape index (κ2) is 31.7. The Hall–Kier alpha value is -5.10. The number of carboxylic acid groups (broad SMARTS) is 2. The van der Waals surface area contributed by atoms with Gasteiger partial charge in [-0.25, -0.2) is 9.59 Å². The first-order valence-corrected chi connectivity index (χ1v) is 22.6. The first kappa shape index (κ1) is 54.0. The topological polar surface area (TPSA) is 259 Å². The van der Waals surface area contributed by atoms with E-state index in [1.165, 1.54) is 63.7 Å². The lowest BCUT2D eigenvalue weighted by molar-refractivity contribution is -0.144. The van der Waals surface area contributed by atoms with Crippen LogP contribution in [0, 0.1) is 0 Å². The van der Waals surface area contributed by atoms with Gasteiger partial charge >= 0.3 is 11.9 Å². The van der Waals surface area contributed by atoms with Crippen LogP contribution in [0.1, 0.15) is 129 Å². The Morgan fingerprint density at radius 2 is 1.30 bits per heavy atom. The van der Waals surface area contributed by atoms with Crippen molar-refractivity contribution in [3.63, 3.8) is 0 Å². The van der Waals surface area contributed by atoms with Crippen LogP contribution in [-0.4, -0.2) is 132 Å². The molecule has 2 rings (SSSR count). The molecular weight excluding hydrogens is 817 g/mol. The average Bonchev–Trinajstić information content (AvgIpc) is 3.75. The highest BCUT2D eigenvalue weighted by molar-refractivity contribution is 5.95. The Bertz CT molecular complexity index is 1580. The van der Waals surface area contributed by atoms with Crippen LogP contribution in [0.25, 0.3) is 0 Å². The van der Waals surface area contributed by atoms with Gasteiger partial charge in [-0.05, 0) is 45.1 Å². The molecule has 354 valence electrons. The molecule has 6 amide bonds. The van der Waals surface area contributed by atoms with Crippen LogP contribution in [0.15, 0.2) is 30.3 Å². The van der Waals surface area contributed by atoms with Crippen molar-refractivity contribution in [3.05, 3.63) is 35.9 Å². The van der Waals surface area contributed by atoms with Crippen molar-refractivity contribution in [1.29, 1.82) is 0 Å². The van der Waals surface area contributed by atoms with Gasteiger partial charge in [0.05, 0.1) is 19.8 Å². The number of aliphatic carboxylic acids is 2. The molecule has 18 heteroatoms. The summed E-state index contributed by atoms with van der Waals surface area (Å²) in [5.41, 5.74) is 0.731. The fraction of sp³-hybridized carbons (Fsp3) is 0.689. The lowest BCUT2D eigenvalue weighted by atomic mass is 10.0. The number of ether oxygens (including phenoxy) is 2. The predicted octanol–water partition coefficient (Wildman–Crippen LogP) is 3.00. The maximum Gasteiger partial charge on any atom is 0.326 e. The van der Waals surface area contributed by atoms with Gasteiger partial charge in [-0.2, -0.15) is 0 Å². The summed E-state index contributed by atoms with van der Waals surface area (Å²) in [6.45, 7) is 5.41. The standard InChI is InChI=1S/C45H72N6O12/c1-4-5-6-7-8-9-10-11-12-13-17-22-39(53)49-35(44(58)59)23-24-38(52)46-25-27-62-28-29-63-31-40(54)47-32(2)41(55)48-33(3)43(57)51-26-18-21-37(51)42(56)50-36(45(60)61)30-34-19-15-14-16-20-34/h14-16,19-20,32-33,35-37H,4-13,17-18,21-31H2,1-3H3,(H,46,52)(H,47,54)(H,48,55)(H,49,53)(H,50,56)(H,58,59)(H,60,61)/t32-,33-,35-,36-,37-/m0/s1. The molecular formula is C45H72N6O12. The lowest BCUT2D eigenvalue weighted by Gasteiger charge is -2.28. The lowest BCUT2D eigenvalue weighted by Crippen LogP contribution is -2.56. The van der Waals surface area contributed by atoms with E-state index < -0.39 is 65.8 Å². The molecule has 1 aromatic rings. The number of likely N-dealkylation sites (tertiary alicyclic amines) is 1. The summed E-state index contributed by atoms with van der Waals surface area (Å²) in [7, 11) is 0. The molecule has 18 nitrogen and oxygen atoms in total. The van der Waals surface area contributed by atoms with E-state index in [1.54, 1.807) is 30.3 Å². The number of amides is 6. The zero-order chi connectivity index (χ0) is 46.4. The van der Waals surface area contributed by atoms with Crippen molar-refractivity contribution >= 4 is 47.4 Å². The summed E-state index contributed by atoms with van der Waals surface area (Å²) in [5, 5.41) is 32.0. The Kier molecular flexibility index (Phi) is 27.2. The van der Waals surface area contributed by atoms with Crippen molar-refractivity contribution in [2.24, 2.45) is 0 Å². The minimum atomic E-state index is -1.20. The minimum Gasteiger partial charge on any atom is -0.480 e. The van der Waals surface area contributed by atoms with E-state index in [4.69, 9.17) is 9.47 Å². The molecule has 1 aromatic carbocycles. The number of hydrogen-bond donors (Lipinski definition) is 7. The van der Waals surface area contributed by atoms with Gasteiger partial charge < -0.3 is 51.2 Å². The fourth-order valence-electron chi connectivity index (χ4n) is 7.10. The first-order chi connectivity index (χ1) is 30.2. The van der Waals surface area contributed by atoms with E-state index in [2.05, 4.69) is 33.5 Å². The average molecular weight is 889 g/mol. The van der Waals surface area contributed by atoms with Gasteiger partial charge in [-0.1, -0.05) is 101 Å². The molecule has 1 aliphatic rings. The van der Waals surface area contributed by atoms with Gasteiger partial charge in [0.1, 0.15) is 36.8 Å².